The SMILES string of the molecule is CC1Sc2ccc(C(=O)N(C)C(c3ccccc3)c3ccc(F)cc3)cc2NC1=O. The molecule has 0 fully saturated rings. The van der Waals surface area contributed by atoms with Crippen molar-refractivity contribution in [1.29, 1.82) is 0 Å². The molecule has 2 unspecified atom stereocenters. The van der Waals surface area contributed by atoms with E-state index >= 15 is 0 Å². The lowest BCUT2D eigenvalue weighted by Crippen LogP contribution is -2.32. The van der Waals surface area contributed by atoms with E-state index in [4.69, 9.17) is 0 Å². The highest BCUT2D eigenvalue weighted by Gasteiger charge is 2.27. The van der Waals surface area contributed by atoms with Gasteiger partial charge in [-0.2, -0.15) is 0 Å². The summed E-state index contributed by atoms with van der Waals surface area (Å²) in [4.78, 5) is 28.0. The standard InChI is InChI=1S/C24H21FN2O2S/c1-15-23(28)26-20-14-18(10-13-21(20)30-15)24(29)27(2)22(16-6-4-3-5-7-16)17-8-11-19(25)12-9-17/h3-15,22H,1-2H3,(H,26,28). The van der Waals surface area contributed by atoms with Gasteiger partial charge in [-0.15, -0.1) is 11.8 Å². The quantitative estimate of drug-likeness (QED) is 0.637. The predicted octanol–water partition coefficient (Wildman–Crippen LogP) is 5.12. The average molecular weight is 421 g/mol. The van der Waals surface area contributed by atoms with Gasteiger partial charge in [0.1, 0.15) is 5.82 Å². The van der Waals surface area contributed by atoms with Crippen LogP contribution in [0.3, 0.4) is 0 Å². The van der Waals surface area contributed by atoms with Crippen LogP contribution >= 0.6 is 11.8 Å². The number of hydrogen-bond acceptors (Lipinski definition) is 3. The van der Waals surface area contributed by atoms with Gasteiger partial charge in [0.05, 0.1) is 17.0 Å². The van der Waals surface area contributed by atoms with Crippen molar-refractivity contribution in [2.24, 2.45) is 0 Å². The number of rotatable bonds is 4. The second-order valence-electron chi connectivity index (χ2n) is 7.24. The maximum atomic E-state index is 13.5. The van der Waals surface area contributed by atoms with Crippen LogP contribution in [-0.2, 0) is 4.79 Å². The lowest BCUT2D eigenvalue weighted by Gasteiger charge is -2.30. The molecule has 4 nitrogen and oxygen atoms in total. The third-order valence-corrected chi connectivity index (χ3v) is 6.34. The van der Waals surface area contributed by atoms with Crippen LogP contribution in [0.4, 0.5) is 10.1 Å². The molecule has 30 heavy (non-hydrogen) atoms. The van der Waals surface area contributed by atoms with Crippen LogP contribution in [-0.4, -0.2) is 29.0 Å². The first-order chi connectivity index (χ1) is 14.4. The van der Waals surface area contributed by atoms with Crippen LogP contribution in [0.1, 0.15) is 34.5 Å². The molecule has 4 rings (SSSR count). The van der Waals surface area contributed by atoms with Crippen LogP contribution in [0.5, 0.6) is 0 Å². The molecule has 152 valence electrons. The van der Waals surface area contributed by atoms with E-state index in [0.29, 0.717) is 11.3 Å². The molecule has 1 aliphatic heterocycles. The van der Waals surface area contributed by atoms with E-state index in [1.54, 1.807) is 36.2 Å². The van der Waals surface area contributed by atoms with Crippen LogP contribution in [0.15, 0.2) is 77.7 Å². The zero-order valence-corrected chi connectivity index (χ0v) is 17.4. The molecule has 0 bridgehead atoms. The molecule has 3 aromatic rings. The van der Waals surface area contributed by atoms with Crippen LogP contribution in [0, 0.1) is 5.82 Å². The summed E-state index contributed by atoms with van der Waals surface area (Å²) in [6.07, 6.45) is 0. The fourth-order valence-corrected chi connectivity index (χ4v) is 4.51. The number of fused-ring (bicyclic) bond motifs is 1. The average Bonchev–Trinajstić information content (AvgIpc) is 2.76. The first kappa shape index (κ1) is 20.2. The molecule has 0 spiro atoms. The number of carbonyl (C=O) groups is 2. The Morgan fingerprint density at radius 2 is 1.70 bits per heavy atom. The van der Waals surface area contributed by atoms with E-state index in [9.17, 15) is 14.0 Å². The highest BCUT2D eigenvalue weighted by Crippen LogP contribution is 2.37. The fraction of sp³-hybridized carbons (Fsp3) is 0.167. The number of thioether (sulfide) groups is 1. The van der Waals surface area contributed by atoms with E-state index in [-0.39, 0.29) is 28.9 Å². The Hall–Kier alpha value is -3.12. The lowest BCUT2D eigenvalue weighted by molar-refractivity contribution is -0.115. The molecule has 0 saturated heterocycles. The van der Waals surface area contributed by atoms with Gasteiger partial charge in [-0.3, -0.25) is 9.59 Å². The van der Waals surface area contributed by atoms with Gasteiger partial charge in [0, 0.05) is 17.5 Å². The summed E-state index contributed by atoms with van der Waals surface area (Å²) in [5.41, 5.74) is 2.87. The molecule has 2 amide bonds. The molecule has 1 N–H and O–H groups in total. The summed E-state index contributed by atoms with van der Waals surface area (Å²) in [5, 5.41) is 2.71. The van der Waals surface area contributed by atoms with Gasteiger partial charge in [0.2, 0.25) is 5.91 Å². The van der Waals surface area contributed by atoms with Crippen molar-refractivity contribution >= 4 is 29.3 Å². The monoisotopic (exact) mass is 420 g/mol. The minimum absolute atomic E-state index is 0.0704. The van der Waals surface area contributed by atoms with Crippen molar-refractivity contribution < 1.29 is 14.0 Å². The van der Waals surface area contributed by atoms with Gasteiger partial charge < -0.3 is 10.2 Å². The summed E-state index contributed by atoms with van der Waals surface area (Å²) in [5.74, 6) is -0.579. The van der Waals surface area contributed by atoms with Gasteiger partial charge in [0.25, 0.3) is 5.91 Å². The van der Waals surface area contributed by atoms with E-state index < -0.39 is 0 Å². The first-order valence-electron chi connectivity index (χ1n) is 9.63. The van der Waals surface area contributed by atoms with Crippen molar-refractivity contribution in [3.8, 4) is 0 Å². The van der Waals surface area contributed by atoms with Crippen molar-refractivity contribution in [3.63, 3.8) is 0 Å². The number of carbonyl (C=O) groups excluding carboxylic acids is 2. The van der Waals surface area contributed by atoms with E-state index in [2.05, 4.69) is 5.32 Å². The Morgan fingerprint density at radius 1 is 1.03 bits per heavy atom. The molecule has 1 aliphatic rings. The predicted molar refractivity (Wildman–Crippen MR) is 117 cm³/mol. The molecule has 0 radical (unpaired) electrons. The van der Waals surface area contributed by atoms with Crippen LogP contribution < -0.4 is 5.32 Å². The lowest BCUT2D eigenvalue weighted by atomic mass is 9.96. The van der Waals surface area contributed by atoms with Crippen molar-refractivity contribution in [1.82, 2.24) is 4.90 Å². The maximum absolute atomic E-state index is 13.5. The Labute approximate surface area is 179 Å². The fourth-order valence-electron chi connectivity index (χ4n) is 3.58. The Balaban J connectivity index is 1.69. The maximum Gasteiger partial charge on any atom is 0.254 e. The summed E-state index contributed by atoms with van der Waals surface area (Å²) in [6, 6.07) is 20.8. The molecule has 2 atom stereocenters. The number of halogens is 1. The summed E-state index contributed by atoms with van der Waals surface area (Å²) >= 11 is 1.48. The van der Waals surface area contributed by atoms with Gasteiger partial charge in [0.15, 0.2) is 0 Å². The van der Waals surface area contributed by atoms with E-state index in [1.165, 1.54) is 23.9 Å². The molecular weight excluding hydrogens is 399 g/mol. The van der Waals surface area contributed by atoms with Crippen molar-refractivity contribution in [2.75, 3.05) is 12.4 Å². The molecule has 3 aromatic carbocycles. The largest absolute Gasteiger partial charge is 0.331 e. The van der Waals surface area contributed by atoms with Crippen LogP contribution in [0.2, 0.25) is 0 Å². The summed E-state index contributed by atoms with van der Waals surface area (Å²) in [6.45, 7) is 1.85. The van der Waals surface area contributed by atoms with Crippen molar-refractivity contribution in [2.45, 2.75) is 23.1 Å². The Bertz CT molecular complexity index is 1090. The van der Waals surface area contributed by atoms with Gasteiger partial charge >= 0.3 is 0 Å². The molecular formula is C24H21FN2O2S. The number of benzene rings is 3. The second kappa shape index (κ2) is 8.32. The van der Waals surface area contributed by atoms with Crippen LogP contribution in [0.25, 0.3) is 0 Å². The van der Waals surface area contributed by atoms with E-state index in [0.717, 1.165) is 16.0 Å². The number of nitrogens with zero attached hydrogens (tertiary/aromatic N) is 1. The molecule has 6 heteroatoms. The summed E-state index contributed by atoms with van der Waals surface area (Å²) < 4.78 is 13.5. The van der Waals surface area contributed by atoms with E-state index in [1.807, 2.05) is 43.3 Å². The zero-order valence-electron chi connectivity index (χ0n) is 16.6. The minimum atomic E-state index is -0.376. The normalized spacial score (nSPS) is 16.4. The molecule has 0 aliphatic carbocycles. The third kappa shape index (κ3) is 3.96. The minimum Gasteiger partial charge on any atom is -0.331 e. The molecule has 1 heterocycles. The van der Waals surface area contributed by atoms with Gasteiger partial charge in [-0.1, -0.05) is 42.5 Å². The summed E-state index contributed by atoms with van der Waals surface area (Å²) in [7, 11) is 1.73. The highest BCUT2D eigenvalue weighted by atomic mass is 32.2. The first-order valence-corrected chi connectivity index (χ1v) is 10.5. The highest BCUT2D eigenvalue weighted by molar-refractivity contribution is 8.00. The Kier molecular flexibility index (Phi) is 5.59. The zero-order chi connectivity index (χ0) is 21.3. The Morgan fingerprint density at radius 3 is 2.40 bits per heavy atom. The molecule has 0 aromatic heterocycles. The number of amides is 2. The smallest absolute Gasteiger partial charge is 0.254 e. The molecule has 0 saturated carbocycles. The topological polar surface area (TPSA) is 49.4 Å². The number of anilines is 1. The van der Waals surface area contributed by atoms with Gasteiger partial charge in [-0.25, -0.2) is 4.39 Å². The second-order valence-corrected chi connectivity index (χ2v) is 8.62. The third-order valence-electron chi connectivity index (χ3n) is 5.17. The number of hydrogen-bond donors (Lipinski definition) is 1. The van der Waals surface area contributed by atoms with Crippen molar-refractivity contribution in [3.05, 3.63) is 95.3 Å². The van der Waals surface area contributed by atoms with Gasteiger partial charge in [-0.05, 0) is 48.4 Å². The number of nitrogens with one attached hydrogen (secondary N) is 1.